The van der Waals surface area contributed by atoms with Crippen molar-refractivity contribution in [2.45, 2.75) is 25.0 Å². The molecule has 88 valence electrons. The van der Waals surface area contributed by atoms with E-state index in [0.29, 0.717) is 18.7 Å². The Morgan fingerprint density at radius 2 is 2.27 bits per heavy atom. The third-order valence-corrected chi connectivity index (χ3v) is 5.49. The van der Waals surface area contributed by atoms with Gasteiger partial charge in [-0.05, 0) is 12.8 Å². The van der Waals surface area contributed by atoms with Gasteiger partial charge in [-0.15, -0.1) is 11.8 Å². The van der Waals surface area contributed by atoms with Crippen LogP contribution in [0.25, 0.3) is 0 Å². The molecule has 0 aliphatic carbocycles. The van der Waals surface area contributed by atoms with E-state index in [1.807, 2.05) is 6.92 Å². The maximum absolute atomic E-state index is 11.2. The third kappa shape index (κ3) is 4.88. The van der Waals surface area contributed by atoms with Gasteiger partial charge in [-0.25, -0.2) is 8.42 Å². The van der Waals surface area contributed by atoms with Crippen molar-refractivity contribution in [1.29, 1.82) is 0 Å². The number of rotatable bonds is 5. The van der Waals surface area contributed by atoms with Crippen LogP contribution in [-0.2, 0) is 14.6 Å². The van der Waals surface area contributed by atoms with Crippen LogP contribution in [0.3, 0.4) is 0 Å². The fourth-order valence-electron chi connectivity index (χ4n) is 1.40. The number of hydrogen-bond acceptors (Lipinski definition) is 4. The fraction of sp³-hybridized carbons (Fsp3) is 0.889. The molecule has 4 nitrogen and oxygen atoms in total. The summed E-state index contributed by atoms with van der Waals surface area (Å²) in [5.41, 5.74) is 0. The summed E-state index contributed by atoms with van der Waals surface area (Å²) in [6.45, 7) is 2.69. The van der Waals surface area contributed by atoms with E-state index in [4.69, 9.17) is 0 Å². The van der Waals surface area contributed by atoms with Crippen LogP contribution in [0, 0.1) is 0 Å². The zero-order chi connectivity index (χ0) is 11.3. The van der Waals surface area contributed by atoms with Crippen molar-refractivity contribution in [3.8, 4) is 0 Å². The molecule has 0 aromatic heterocycles. The molecule has 15 heavy (non-hydrogen) atoms. The van der Waals surface area contributed by atoms with Gasteiger partial charge in [0.05, 0.1) is 17.3 Å². The molecule has 0 radical (unpaired) electrons. The summed E-state index contributed by atoms with van der Waals surface area (Å²) in [6.07, 6.45) is 1.61. The Morgan fingerprint density at radius 3 is 2.80 bits per heavy atom. The first-order valence-electron chi connectivity index (χ1n) is 5.12. The second-order valence-corrected chi connectivity index (χ2v) is 7.20. The Balaban J connectivity index is 2.18. The summed E-state index contributed by atoms with van der Waals surface area (Å²) in [4.78, 5) is 11.2. The lowest BCUT2D eigenvalue weighted by Gasteiger charge is -2.07. The van der Waals surface area contributed by atoms with Gasteiger partial charge in [-0.2, -0.15) is 0 Å². The van der Waals surface area contributed by atoms with Gasteiger partial charge in [0, 0.05) is 11.8 Å². The minimum atomic E-state index is -2.81. The third-order valence-electron chi connectivity index (χ3n) is 2.21. The summed E-state index contributed by atoms with van der Waals surface area (Å²) in [7, 11) is -2.81. The van der Waals surface area contributed by atoms with E-state index in [9.17, 15) is 13.2 Å². The normalized spacial score (nSPS) is 23.9. The van der Waals surface area contributed by atoms with Crippen molar-refractivity contribution < 1.29 is 13.2 Å². The second kappa shape index (κ2) is 5.75. The summed E-state index contributed by atoms with van der Waals surface area (Å²) in [5.74, 6) is 0.895. The van der Waals surface area contributed by atoms with E-state index in [-0.39, 0.29) is 22.7 Å². The summed E-state index contributed by atoms with van der Waals surface area (Å²) in [6, 6.07) is 0. The highest BCUT2D eigenvalue weighted by Gasteiger charge is 2.28. The van der Waals surface area contributed by atoms with Crippen LogP contribution in [-0.4, -0.2) is 43.4 Å². The number of sulfone groups is 1. The molecule has 1 rings (SSSR count). The van der Waals surface area contributed by atoms with Crippen LogP contribution in [0.5, 0.6) is 0 Å². The Morgan fingerprint density at radius 1 is 1.53 bits per heavy atom. The molecule has 1 aliphatic heterocycles. The average molecular weight is 251 g/mol. The molecule has 1 unspecified atom stereocenters. The predicted octanol–water partition coefficient (Wildman–Crippen LogP) is 0.433. The van der Waals surface area contributed by atoms with E-state index in [0.717, 1.165) is 6.42 Å². The molecule has 0 aromatic rings. The largest absolute Gasteiger partial charge is 0.355 e. The van der Waals surface area contributed by atoms with E-state index in [1.165, 1.54) is 11.8 Å². The van der Waals surface area contributed by atoms with Gasteiger partial charge in [-0.1, -0.05) is 6.92 Å². The van der Waals surface area contributed by atoms with Gasteiger partial charge in [-0.3, -0.25) is 4.79 Å². The van der Waals surface area contributed by atoms with Crippen LogP contribution >= 0.6 is 11.8 Å². The highest BCUT2D eigenvalue weighted by atomic mass is 32.2. The molecule has 1 saturated heterocycles. The van der Waals surface area contributed by atoms with Gasteiger partial charge < -0.3 is 5.32 Å². The van der Waals surface area contributed by atoms with Crippen LogP contribution in [0.2, 0.25) is 0 Å². The Kier molecular flexibility index (Phi) is 4.92. The van der Waals surface area contributed by atoms with E-state index in [2.05, 4.69) is 5.32 Å². The molecule has 1 amide bonds. The van der Waals surface area contributed by atoms with Gasteiger partial charge in [0.1, 0.15) is 0 Å². The lowest BCUT2D eigenvalue weighted by molar-refractivity contribution is -0.118. The van der Waals surface area contributed by atoms with Crippen molar-refractivity contribution in [3.63, 3.8) is 0 Å². The smallest absolute Gasteiger partial charge is 0.230 e. The molecule has 0 aromatic carbocycles. The lowest BCUT2D eigenvalue weighted by Crippen LogP contribution is -2.26. The topological polar surface area (TPSA) is 63.2 Å². The molecular weight excluding hydrogens is 234 g/mol. The molecule has 1 N–H and O–H groups in total. The molecule has 0 spiro atoms. The minimum Gasteiger partial charge on any atom is -0.355 e. The van der Waals surface area contributed by atoms with E-state index >= 15 is 0 Å². The van der Waals surface area contributed by atoms with Crippen LogP contribution < -0.4 is 5.32 Å². The van der Waals surface area contributed by atoms with E-state index < -0.39 is 9.84 Å². The highest BCUT2D eigenvalue weighted by Crippen LogP contribution is 2.23. The van der Waals surface area contributed by atoms with Gasteiger partial charge in [0.15, 0.2) is 9.84 Å². The number of amides is 1. The average Bonchev–Trinajstić information content (AvgIpc) is 2.52. The first-order valence-corrected chi connectivity index (χ1v) is 7.99. The number of hydrogen-bond donors (Lipinski definition) is 1. The molecular formula is C9H17NO3S2. The SMILES string of the molecule is CCCNC(=O)CSC1CCS(=O)(=O)C1. The molecule has 1 heterocycles. The van der Waals surface area contributed by atoms with Crippen LogP contribution in [0.1, 0.15) is 19.8 Å². The van der Waals surface area contributed by atoms with Crippen LogP contribution in [0.15, 0.2) is 0 Å². The maximum atomic E-state index is 11.2. The number of nitrogens with one attached hydrogen (secondary N) is 1. The summed E-state index contributed by atoms with van der Waals surface area (Å²) >= 11 is 1.45. The van der Waals surface area contributed by atoms with Crippen LogP contribution in [0.4, 0.5) is 0 Å². The quantitative estimate of drug-likeness (QED) is 0.770. The summed E-state index contributed by atoms with van der Waals surface area (Å²) < 4.78 is 22.3. The van der Waals surface area contributed by atoms with Gasteiger partial charge in [0.25, 0.3) is 0 Å². The number of carbonyl (C=O) groups excluding carboxylic acids is 1. The molecule has 1 fully saturated rings. The Labute approximate surface area is 95.1 Å². The molecule has 0 bridgehead atoms. The van der Waals surface area contributed by atoms with Crippen molar-refractivity contribution in [1.82, 2.24) is 5.32 Å². The van der Waals surface area contributed by atoms with Crippen molar-refractivity contribution in [2.75, 3.05) is 23.8 Å². The predicted molar refractivity (Wildman–Crippen MR) is 62.8 cm³/mol. The molecule has 1 aliphatic rings. The number of thioether (sulfide) groups is 1. The zero-order valence-electron chi connectivity index (χ0n) is 8.86. The standard InChI is InChI=1S/C9H17NO3S2/c1-2-4-10-9(11)6-14-8-3-5-15(12,13)7-8/h8H,2-7H2,1H3,(H,10,11). The Bertz CT molecular complexity index is 313. The van der Waals surface area contributed by atoms with Crippen molar-refractivity contribution in [2.24, 2.45) is 0 Å². The van der Waals surface area contributed by atoms with Gasteiger partial charge in [0.2, 0.25) is 5.91 Å². The highest BCUT2D eigenvalue weighted by molar-refractivity contribution is 8.02. The van der Waals surface area contributed by atoms with Crippen molar-refractivity contribution >= 4 is 27.5 Å². The molecule has 1 atom stereocenters. The monoisotopic (exact) mass is 251 g/mol. The van der Waals surface area contributed by atoms with Gasteiger partial charge >= 0.3 is 0 Å². The first kappa shape index (κ1) is 12.8. The molecule has 6 heteroatoms. The van der Waals surface area contributed by atoms with E-state index in [1.54, 1.807) is 0 Å². The maximum Gasteiger partial charge on any atom is 0.230 e. The summed E-state index contributed by atoms with van der Waals surface area (Å²) in [5, 5.41) is 2.88. The Hall–Kier alpha value is -0.230. The number of carbonyl (C=O) groups is 1. The first-order chi connectivity index (χ1) is 7.03. The lowest BCUT2D eigenvalue weighted by atomic mass is 10.4. The fourth-order valence-corrected chi connectivity index (χ4v) is 4.87. The minimum absolute atomic E-state index is 0.00569. The van der Waals surface area contributed by atoms with Crippen molar-refractivity contribution in [3.05, 3.63) is 0 Å². The second-order valence-electron chi connectivity index (χ2n) is 3.69. The zero-order valence-corrected chi connectivity index (χ0v) is 10.5. The molecule has 0 saturated carbocycles.